The highest BCUT2D eigenvalue weighted by atomic mass is 32.2. The fraction of sp³-hybridized carbons (Fsp3) is 0.818. The fourth-order valence-corrected chi connectivity index (χ4v) is 3.17. The second kappa shape index (κ2) is 7.55. The van der Waals surface area contributed by atoms with Gasteiger partial charge in [-0.2, -0.15) is 17.4 Å². The molecule has 0 aliphatic carbocycles. The van der Waals surface area contributed by atoms with Crippen LogP contribution in [0.2, 0.25) is 0 Å². The maximum atomic E-state index is 12.1. The van der Waals surface area contributed by atoms with Crippen molar-refractivity contribution in [2.24, 2.45) is 0 Å². The van der Waals surface area contributed by atoms with Gasteiger partial charge in [-0.1, -0.05) is 0 Å². The molecule has 1 rings (SSSR count). The topological polar surface area (TPSA) is 102 Å². The lowest BCUT2D eigenvalue weighted by molar-refractivity contribution is -0.157. The van der Waals surface area contributed by atoms with Crippen LogP contribution in [0.15, 0.2) is 0 Å². The van der Waals surface area contributed by atoms with E-state index >= 15 is 0 Å². The second-order valence-electron chi connectivity index (χ2n) is 4.17. The molecule has 20 heavy (non-hydrogen) atoms. The molecule has 9 heteroatoms. The highest BCUT2D eigenvalue weighted by Crippen LogP contribution is 2.12. The Morgan fingerprint density at radius 1 is 1.10 bits per heavy atom. The molecule has 0 bridgehead atoms. The minimum Gasteiger partial charge on any atom is -0.464 e. The second-order valence-corrected chi connectivity index (χ2v) is 5.87. The maximum absolute atomic E-state index is 12.1. The van der Waals surface area contributed by atoms with E-state index in [9.17, 15) is 18.0 Å². The summed E-state index contributed by atoms with van der Waals surface area (Å²) in [4.78, 5) is 23.4. The summed E-state index contributed by atoms with van der Waals surface area (Å²) >= 11 is 0. The number of esters is 2. The number of nitrogens with zero attached hydrogens (tertiary/aromatic N) is 1. The van der Waals surface area contributed by atoms with Crippen LogP contribution in [0.1, 0.15) is 26.7 Å². The Bertz CT molecular complexity index is 426. The van der Waals surface area contributed by atoms with Crippen molar-refractivity contribution in [2.45, 2.75) is 32.7 Å². The minimum atomic E-state index is -3.90. The smallest absolute Gasteiger partial charge is 0.335 e. The largest absolute Gasteiger partial charge is 0.464 e. The molecule has 0 aromatic carbocycles. The maximum Gasteiger partial charge on any atom is 0.335 e. The molecule has 1 N–H and O–H groups in total. The van der Waals surface area contributed by atoms with Crippen LogP contribution in [0.4, 0.5) is 0 Å². The Hall–Kier alpha value is -1.19. The van der Waals surface area contributed by atoms with Crippen LogP contribution in [0.3, 0.4) is 0 Å². The van der Waals surface area contributed by atoms with Crippen molar-refractivity contribution in [2.75, 3.05) is 26.3 Å². The lowest BCUT2D eigenvalue weighted by atomic mass is 10.3. The molecule has 0 unspecified atom stereocenters. The predicted molar refractivity (Wildman–Crippen MR) is 69.9 cm³/mol. The molecule has 1 saturated heterocycles. The van der Waals surface area contributed by atoms with Crippen LogP contribution < -0.4 is 4.72 Å². The van der Waals surface area contributed by atoms with E-state index in [0.717, 1.165) is 12.8 Å². The summed E-state index contributed by atoms with van der Waals surface area (Å²) in [6.45, 7) is 3.95. The molecule has 0 spiro atoms. The molecule has 0 aromatic heterocycles. The van der Waals surface area contributed by atoms with E-state index in [4.69, 9.17) is 9.47 Å². The molecule has 1 aliphatic rings. The summed E-state index contributed by atoms with van der Waals surface area (Å²) in [6.07, 6.45) is 1.51. The van der Waals surface area contributed by atoms with E-state index in [1.165, 1.54) is 4.31 Å². The van der Waals surface area contributed by atoms with Crippen LogP contribution in [-0.2, 0) is 29.3 Å². The van der Waals surface area contributed by atoms with Crippen molar-refractivity contribution in [3.05, 3.63) is 0 Å². The van der Waals surface area contributed by atoms with E-state index in [2.05, 4.69) is 4.72 Å². The molecular weight excluding hydrogens is 288 g/mol. The molecule has 1 heterocycles. The zero-order valence-corrected chi connectivity index (χ0v) is 12.4. The number of ether oxygens (including phenoxy) is 2. The zero-order chi connectivity index (χ0) is 15.2. The first-order chi connectivity index (χ1) is 9.42. The van der Waals surface area contributed by atoms with Crippen LogP contribution in [-0.4, -0.2) is 57.0 Å². The van der Waals surface area contributed by atoms with Gasteiger partial charge in [0.25, 0.3) is 10.2 Å². The molecule has 116 valence electrons. The molecule has 0 amide bonds. The highest BCUT2D eigenvalue weighted by Gasteiger charge is 2.36. The van der Waals surface area contributed by atoms with Crippen molar-refractivity contribution in [1.82, 2.24) is 9.03 Å². The molecule has 0 aromatic rings. The Morgan fingerprint density at radius 2 is 1.55 bits per heavy atom. The molecule has 0 radical (unpaired) electrons. The summed E-state index contributed by atoms with van der Waals surface area (Å²) < 4.78 is 36.8. The van der Waals surface area contributed by atoms with Crippen LogP contribution in [0.5, 0.6) is 0 Å². The van der Waals surface area contributed by atoms with Gasteiger partial charge in [0, 0.05) is 13.1 Å². The van der Waals surface area contributed by atoms with E-state index in [0.29, 0.717) is 13.1 Å². The SMILES string of the molecule is CCOC(=O)C(NS(=O)(=O)N1CCCC1)C(=O)OCC. The first kappa shape index (κ1) is 16.9. The Morgan fingerprint density at radius 3 is 1.95 bits per heavy atom. The molecule has 1 aliphatic heterocycles. The lowest BCUT2D eigenvalue weighted by Crippen LogP contribution is -2.52. The van der Waals surface area contributed by atoms with E-state index < -0.39 is 28.2 Å². The standard InChI is InChI=1S/C11H20N2O6S/c1-3-18-10(14)9(11(15)19-4-2)12-20(16,17)13-7-5-6-8-13/h9,12H,3-8H2,1-2H3. The van der Waals surface area contributed by atoms with Gasteiger partial charge in [-0.05, 0) is 26.7 Å². The van der Waals surface area contributed by atoms with Crippen molar-refractivity contribution < 1.29 is 27.5 Å². The molecule has 1 fully saturated rings. The Kier molecular flexibility index (Phi) is 6.37. The van der Waals surface area contributed by atoms with E-state index in [1.54, 1.807) is 13.8 Å². The molecule has 0 saturated carbocycles. The van der Waals surface area contributed by atoms with Crippen LogP contribution in [0.25, 0.3) is 0 Å². The third kappa shape index (κ3) is 4.43. The lowest BCUT2D eigenvalue weighted by Gasteiger charge is -2.20. The third-order valence-corrected chi connectivity index (χ3v) is 4.29. The monoisotopic (exact) mass is 308 g/mol. The van der Waals surface area contributed by atoms with Crippen molar-refractivity contribution in [1.29, 1.82) is 0 Å². The highest BCUT2D eigenvalue weighted by molar-refractivity contribution is 7.87. The number of hydrogen-bond donors (Lipinski definition) is 1. The van der Waals surface area contributed by atoms with Gasteiger partial charge < -0.3 is 9.47 Å². The number of carbonyl (C=O) groups excluding carboxylic acids is 2. The predicted octanol–water partition coefficient (Wildman–Crippen LogP) is -0.589. The first-order valence-electron chi connectivity index (χ1n) is 6.53. The Balaban J connectivity index is 2.82. The quantitative estimate of drug-likeness (QED) is 0.498. The summed E-state index contributed by atoms with van der Waals surface area (Å²) in [5, 5.41) is 0. The van der Waals surface area contributed by atoms with Gasteiger partial charge in [0.05, 0.1) is 13.2 Å². The first-order valence-corrected chi connectivity index (χ1v) is 7.97. The number of nitrogens with one attached hydrogen (secondary N) is 1. The summed E-state index contributed by atoms with van der Waals surface area (Å²) in [5.74, 6) is -1.93. The number of carbonyl (C=O) groups is 2. The van der Waals surface area contributed by atoms with Crippen molar-refractivity contribution in [3.63, 3.8) is 0 Å². The summed E-state index contributed by atoms with van der Waals surface area (Å²) in [5.41, 5.74) is 0. The zero-order valence-electron chi connectivity index (χ0n) is 11.6. The van der Waals surface area contributed by atoms with Gasteiger partial charge in [-0.25, -0.2) is 9.59 Å². The summed E-state index contributed by atoms with van der Waals surface area (Å²) in [6, 6.07) is -1.67. The van der Waals surface area contributed by atoms with Gasteiger partial charge in [-0.15, -0.1) is 0 Å². The molecule has 8 nitrogen and oxygen atoms in total. The number of hydrogen-bond acceptors (Lipinski definition) is 6. The van der Waals surface area contributed by atoms with Crippen molar-refractivity contribution in [3.8, 4) is 0 Å². The Labute approximate surface area is 118 Å². The van der Waals surface area contributed by atoms with Crippen molar-refractivity contribution >= 4 is 22.1 Å². The summed E-state index contributed by atoms with van der Waals surface area (Å²) in [7, 11) is -3.90. The molecule has 0 atom stereocenters. The average molecular weight is 308 g/mol. The van der Waals surface area contributed by atoms with E-state index in [1.807, 2.05) is 0 Å². The minimum absolute atomic E-state index is 0.0418. The number of rotatable bonds is 7. The molecular formula is C11H20N2O6S. The normalized spacial score (nSPS) is 16.4. The van der Waals surface area contributed by atoms with Crippen LogP contribution >= 0.6 is 0 Å². The average Bonchev–Trinajstić information content (AvgIpc) is 2.91. The van der Waals surface area contributed by atoms with Gasteiger partial charge in [0.2, 0.25) is 6.04 Å². The van der Waals surface area contributed by atoms with Gasteiger partial charge >= 0.3 is 11.9 Å². The fourth-order valence-electron chi connectivity index (χ4n) is 1.80. The van der Waals surface area contributed by atoms with E-state index in [-0.39, 0.29) is 13.2 Å². The van der Waals surface area contributed by atoms with Gasteiger partial charge in [-0.3, -0.25) is 0 Å². The van der Waals surface area contributed by atoms with Gasteiger partial charge in [0.15, 0.2) is 0 Å². The van der Waals surface area contributed by atoms with Crippen LogP contribution in [0, 0.1) is 0 Å². The van der Waals surface area contributed by atoms with Gasteiger partial charge in [0.1, 0.15) is 0 Å². The third-order valence-electron chi connectivity index (χ3n) is 2.72.